The Labute approximate surface area is 112 Å². The van der Waals surface area contributed by atoms with Crippen LogP contribution in [0.2, 0.25) is 0 Å². The summed E-state index contributed by atoms with van der Waals surface area (Å²) in [5.74, 6) is -0.103. The molecule has 0 saturated carbocycles. The van der Waals surface area contributed by atoms with Crippen LogP contribution >= 0.6 is 0 Å². The number of carbonyl (C=O) groups excluding carboxylic acids is 1. The molecule has 0 aliphatic carbocycles. The number of likely N-dealkylation sites (N-methyl/N-ethyl adjacent to an activating group) is 1. The van der Waals surface area contributed by atoms with Crippen LogP contribution in [-0.4, -0.2) is 34.2 Å². The van der Waals surface area contributed by atoms with Crippen molar-refractivity contribution >= 4 is 11.6 Å². The Morgan fingerprint density at radius 1 is 1.37 bits per heavy atom. The van der Waals surface area contributed by atoms with Crippen LogP contribution in [-0.2, 0) is 13.5 Å². The molecule has 2 aromatic rings. The molecule has 1 aromatic carbocycles. The minimum absolute atomic E-state index is 0.103. The van der Waals surface area contributed by atoms with E-state index in [1.54, 1.807) is 19.0 Å². The van der Waals surface area contributed by atoms with Crippen molar-refractivity contribution < 1.29 is 4.79 Å². The third-order valence-electron chi connectivity index (χ3n) is 3.10. The van der Waals surface area contributed by atoms with Gasteiger partial charge in [0.25, 0.3) is 5.91 Å². The summed E-state index contributed by atoms with van der Waals surface area (Å²) < 4.78 is 1.51. The highest BCUT2D eigenvalue weighted by molar-refractivity contribution is 5.97. The van der Waals surface area contributed by atoms with Crippen molar-refractivity contribution in [2.24, 2.45) is 7.05 Å². The maximum atomic E-state index is 12.3. The second kappa shape index (κ2) is 5.56. The third-order valence-corrected chi connectivity index (χ3v) is 3.10. The molecule has 1 amide bonds. The zero-order valence-electron chi connectivity index (χ0n) is 11.2. The number of aromatic nitrogens is 2. The largest absolute Gasteiger partial charge is 0.396 e. The van der Waals surface area contributed by atoms with E-state index in [2.05, 4.69) is 17.2 Å². The zero-order valence-corrected chi connectivity index (χ0v) is 11.2. The standard InChI is InChI=1S/C14H18N4O/c1-17(9-8-11-6-4-3-5-7-11)14(19)13-12(15)10-16-18(13)2/h3-7,10H,8-9,15H2,1-2H3. The smallest absolute Gasteiger partial charge is 0.274 e. The molecule has 5 nitrogen and oxygen atoms in total. The van der Waals surface area contributed by atoms with Crippen LogP contribution < -0.4 is 5.73 Å². The quantitative estimate of drug-likeness (QED) is 0.899. The van der Waals surface area contributed by atoms with E-state index in [1.807, 2.05) is 18.2 Å². The lowest BCUT2D eigenvalue weighted by atomic mass is 10.1. The summed E-state index contributed by atoms with van der Waals surface area (Å²) in [7, 11) is 3.49. The van der Waals surface area contributed by atoms with E-state index in [0.717, 1.165) is 6.42 Å². The van der Waals surface area contributed by atoms with E-state index in [1.165, 1.54) is 16.4 Å². The van der Waals surface area contributed by atoms with Gasteiger partial charge in [0.1, 0.15) is 5.69 Å². The minimum Gasteiger partial charge on any atom is -0.396 e. The van der Waals surface area contributed by atoms with Crippen LogP contribution in [0.25, 0.3) is 0 Å². The molecule has 2 N–H and O–H groups in total. The average molecular weight is 258 g/mol. The summed E-state index contributed by atoms with van der Waals surface area (Å²) in [4.78, 5) is 13.9. The lowest BCUT2D eigenvalue weighted by Crippen LogP contribution is -2.31. The van der Waals surface area contributed by atoms with Crippen molar-refractivity contribution in [3.05, 3.63) is 47.8 Å². The fourth-order valence-electron chi connectivity index (χ4n) is 1.94. The van der Waals surface area contributed by atoms with Gasteiger partial charge in [0, 0.05) is 20.6 Å². The molecule has 5 heteroatoms. The number of aryl methyl sites for hydroxylation is 1. The van der Waals surface area contributed by atoms with Crippen molar-refractivity contribution in [3.8, 4) is 0 Å². The first-order valence-corrected chi connectivity index (χ1v) is 6.16. The molecule has 1 heterocycles. The number of nitrogens with two attached hydrogens (primary N) is 1. The molecule has 0 spiro atoms. The summed E-state index contributed by atoms with van der Waals surface area (Å²) in [5.41, 5.74) is 7.82. The second-order valence-electron chi connectivity index (χ2n) is 4.53. The number of benzene rings is 1. The van der Waals surface area contributed by atoms with Gasteiger partial charge in [-0.1, -0.05) is 30.3 Å². The molecule has 0 unspecified atom stereocenters. The summed E-state index contributed by atoms with van der Waals surface area (Å²) in [6.45, 7) is 0.646. The number of hydrogen-bond donors (Lipinski definition) is 1. The Balaban J connectivity index is 2.01. The first-order chi connectivity index (χ1) is 9.09. The molecule has 2 rings (SSSR count). The van der Waals surface area contributed by atoms with Gasteiger partial charge >= 0.3 is 0 Å². The predicted octanol–water partition coefficient (Wildman–Crippen LogP) is 1.32. The maximum absolute atomic E-state index is 12.3. The van der Waals surface area contributed by atoms with Crippen LogP contribution in [0.1, 0.15) is 16.1 Å². The van der Waals surface area contributed by atoms with E-state index >= 15 is 0 Å². The zero-order chi connectivity index (χ0) is 13.8. The van der Waals surface area contributed by atoms with Crippen LogP contribution in [0, 0.1) is 0 Å². The van der Waals surface area contributed by atoms with Gasteiger partial charge in [-0.25, -0.2) is 0 Å². The Morgan fingerprint density at radius 2 is 2.05 bits per heavy atom. The third kappa shape index (κ3) is 2.93. The van der Waals surface area contributed by atoms with Gasteiger partial charge in [-0.15, -0.1) is 0 Å². The van der Waals surface area contributed by atoms with Gasteiger partial charge in [-0.2, -0.15) is 5.10 Å². The normalized spacial score (nSPS) is 10.4. The Bertz CT molecular complexity index is 543. The topological polar surface area (TPSA) is 64.2 Å². The van der Waals surface area contributed by atoms with E-state index in [0.29, 0.717) is 17.9 Å². The van der Waals surface area contributed by atoms with Crippen molar-refractivity contribution in [2.45, 2.75) is 6.42 Å². The molecule has 19 heavy (non-hydrogen) atoms. The van der Waals surface area contributed by atoms with Crippen LogP contribution in [0.3, 0.4) is 0 Å². The van der Waals surface area contributed by atoms with Crippen LogP contribution in [0.15, 0.2) is 36.5 Å². The van der Waals surface area contributed by atoms with Gasteiger partial charge in [-0.3, -0.25) is 9.48 Å². The minimum atomic E-state index is -0.103. The second-order valence-corrected chi connectivity index (χ2v) is 4.53. The Kier molecular flexibility index (Phi) is 3.85. The Morgan fingerprint density at radius 3 is 2.63 bits per heavy atom. The molecule has 0 aliphatic rings. The number of carbonyl (C=O) groups is 1. The van der Waals surface area contributed by atoms with Gasteiger partial charge in [0.05, 0.1) is 11.9 Å². The summed E-state index contributed by atoms with van der Waals surface area (Å²) in [5, 5.41) is 3.98. The van der Waals surface area contributed by atoms with E-state index in [9.17, 15) is 4.79 Å². The average Bonchev–Trinajstić information content (AvgIpc) is 2.76. The molecule has 100 valence electrons. The molecule has 0 saturated heterocycles. The molecule has 0 bridgehead atoms. The predicted molar refractivity (Wildman–Crippen MR) is 74.7 cm³/mol. The maximum Gasteiger partial charge on any atom is 0.274 e. The van der Waals surface area contributed by atoms with Crippen LogP contribution in [0.4, 0.5) is 5.69 Å². The van der Waals surface area contributed by atoms with E-state index in [-0.39, 0.29) is 5.91 Å². The molecular formula is C14H18N4O. The van der Waals surface area contributed by atoms with Crippen molar-refractivity contribution in [1.29, 1.82) is 0 Å². The number of nitrogen functional groups attached to an aromatic ring is 1. The number of amides is 1. The number of hydrogen-bond acceptors (Lipinski definition) is 3. The summed E-state index contributed by atoms with van der Waals surface area (Å²) in [6, 6.07) is 10.1. The first kappa shape index (κ1) is 13.1. The number of nitrogens with zero attached hydrogens (tertiary/aromatic N) is 3. The summed E-state index contributed by atoms with van der Waals surface area (Å²) in [6.07, 6.45) is 2.32. The van der Waals surface area contributed by atoms with Crippen molar-refractivity contribution in [1.82, 2.24) is 14.7 Å². The molecule has 0 radical (unpaired) electrons. The van der Waals surface area contributed by atoms with Crippen molar-refractivity contribution in [2.75, 3.05) is 19.3 Å². The van der Waals surface area contributed by atoms with Gasteiger partial charge in [0.2, 0.25) is 0 Å². The molecule has 0 aliphatic heterocycles. The van der Waals surface area contributed by atoms with Gasteiger partial charge in [-0.05, 0) is 12.0 Å². The van der Waals surface area contributed by atoms with Gasteiger partial charge in [0.15, 0.2) is 0 Å². The highest BCUT2D eigenvalue weighted by Crippen LogP contribution is 2.12. The van der Waals surface area contributed by atoms with Crippen molar-refractivity contribution in [3.63, 3.8) is 0 Å². The Hall–Kier alpha value is -2.30. The van der Waals surface area contributed by atoms with E-state index < -0.39 is 0 Å². The molecule has 1 aromatic heterocycles. The van der Waals surface area contributed by atoms with E-state index in [4.69, 9.17) is 5.73 Å². The molecule has 0 fully saturated rings. The number of rotatable bonds is 4. The molecule has 0 atom stereocenters. The lowest BCUT2D eigenvalue weighted by molar-refractivity contribution is 0.0787. The highest BCUT2D eigenvalue weighted by atomic mass is 16.2. The fraction of sp³-hybridized carbons (Fsp3) is 0.286. The van der Waals surface area contributed by atoms with Crippen LogP contribution in [0.5, 0.6) is 0 Å². The SMILES string of the molecule is CN(CCc1ccccc1)C(=O)c1c(N)cnn1C. The highest BCUT2D eigenvalue weighted by Gasteiger charge is 2.18. The van der Waals surface area contributed by atoms with Gasteiger partial charge < -0.3 is 10.6 Å². The summed E-state index contributed by atoms with van der Waals surface area (Å²) >= 11 is 0. The number of anilines is 1. The fourth-order valence-corrected chi connectivity index (χ4v) is 1.94. The lowest BCUT2D eigenvalue weighted by Gasteiger charge is -2.17. The first-order valence-electron chi connectivity index (χ1n) is 6.16. The monoisotopic (exact) mass is 258 g/mol. The molecular weight excluding hydrogens is 240 g/mol.